The number of para-hydroxylation sites is 1. The number of aliphatic hydroxyl groups is 1. The van der Waals surface area contributed by atoms with Crippen molar-refractivity contribution in [3.05, 3.63) is 29.7 Å². The predicted octanol–water partition coefficient (Wildman–Crippen LogP) is 1.17. The summed E-state index contributed by atoms with van der Waals surface area (Å²) in [6.45, 7) is 6.30. The van der Waals surface area contributed by atoms with E-state index in [1.165, 1.54) is 16.8 Å². The molecule has 1 heterocycles. The molecule has 0 saturated carbocycles. The molecule has 1 unspecified atom stereocenters. The number of aromatic nitrogens is 2. The van der Waals surface area contributed by atoms with E-state index in [0.717, 1.165) is 6.42 Å². The standard InChI is InChI=1S/C20H30FN5O3/c1-20(2,3)17(19(29)23-10-12-27)24-18(28)15-13-7-6-8-14(21)16(13)26(25-15)11-5-4-9-22/h6-8,17,27H,4-5,9-12,22H2,1-3H3,(H,23,29)(H,24,28). The molecule has 9 heteroatoms. The van der Waals surface area contributed by atoms with Crippen LogP contribution in [-0.2, 0) is 11.3 Å². The smallest absolute Gasteiger partial charge is 0.273 e. The van der Waals surface area contributed by atoms with Gasteiger partial charge < -0.3 is 21.5 Å². The topological polar surface area (TPSA) is 122 Å². The van der Waals surface area contributed by atoms with E-state index < -0.39 is 29.1 Å². The molecule has 1 atom stereocenters. The van der Waals surface area contributed by atoms with Crippen molar-refractivity contribution in [1.82, 2.24) is 20.4 Å². The lowest BCUT2D eigenvalue weighted by molar-refractivity contribution is -0.125. The lowest BCUT2D eigenvalue weighted by Gasteiger charge is -2.30. The van der Waals surface area contributed by atoms with Crippen molar-refractivity contribution in [2.24, 2.45) is 11.1 Å². The van der Waals surface area contributed by atoms with Crippen molar-refractivity contribution < 1.29 is 19.1 Å². The molecule has 0 aliphatic carbocycles. The zero-order valence-corrected chi connectivity index (χ0v) is 17.2. The van der Waals surface area contributed by atoms with Gasteiger partial charge in [-0.25, -0.2) is 4.39 Å². The Kier molecular flexibility index (Phi) is 7.69. The van der Waals surface area contributed by atoms with E-state index in [-0.39, 0.29) is 24.4 Å². The number of nitrogens with two attached hydrogens (primary N) is 1. The van der Waals surface area contributed by atoms with Gasteiger partial charge in [-0.15, -0.1) is 0 Å². The molecule has 5 N–H and O–H groups in total. The fourth-order valence-corrected chi connectivity index (χ4v) is 3.08. The maximum absolute atomic E-state index is 14.4. The zero-order valence-electron chi connectivity index (χ0n) is 17.2. The van der Waals surface area contributed by atoms with Crippen LogP contribution in [0.25, 0.3) is 10.9 Å². The number of hydrogen-bond donors (Lipinski definition) is 4. The molecule has 0 aliphatic heterocycles. The summed E-state index contributed by atoms with van der Waals surface area (Å²) in [6, 6.07) is 3.63. The fraction of sp³-hybridized carbons (Fsp3) is 0.550. The van der Waals surface area contributed by atoms with Crippen molar-refractivity contribution in [2.75, 3.05) is 19.7 Å². The quantitative estimate of drug-likeness (QED) is 0.465. The van der Waals surface area contributed by atoms with Gasteiger partial charge in [0, 0.05) is 18.5 Å². The van der Waals surface area contributed by atoms with Gasteiger partial charge in [-0.3, -0.25) is 14.3 Å². The molecule has 0 bridgehead atoms. The second-order valence-electron chi connectivity index (χ2n) is 7.99. The van der Waals surface area contributed by atoms with Gasteiger partial charge in [-0.05, 0) is 30.9 Å². The van der Waals surface area contributed by atoms with E-state index in [0.29, 0.717) is 24.9 Å². The highest BCUT2D eigenvalue weighted by Crippen LogP contribution is 2.24. The largest absolute Gasteiger partial charge is 0.395 e. The van der Waals surface area contributed by atoms with Gasteiger partial charge in [-0.2, -0.15) is 5.10 Å². The lowest BCUT2D eigenvalue weighted by atomic mass is 9.86. The van der Waals surface area contributed by atoms with Gasteiger partial charge in [-0.1, -0.05) is 32.9 Å². The second kappa shape index (κ2) is 9.80. The summed E-state index contributed by atoms with van der Waals surface area (Å²) in [4.78, 5) is 25.5. The highest BCUT2D eigenvalue weighted by atomic mass is 19.1. The number of carbonyl (C=O) groups is 2. The van der Waals surface area contributed by atoms with Crippen LogP contribution >= 0.6 is 0 Å². The van der Waals surface area contributed by atoms with Crippen LogP contribution in [0.3, 0.4) is 0 Å². The minimum absolute atomic E-state index is 0.0662. The van der Waals surface area contributed by atoms with Crippen molar-refractivity contribution in [3.63, 3.8) is 0 Å². The highest BCUT2D eigenvalue weighted by Gasteiger charge is 2.34. The first-order valence-corrected chi connectivity index (χ1v) is 9.75. The van der Waals surface area contributed by atoms with E-state index in [9.17, 15) is 14.0 Å². The third-order valence-electron chi connectivity index (χ3n) is 4.57. The number of nitrogens with zero attached hydrogens (tertiary/aromatic N) is 2. The van der Waals surface area contributed by atoms with Gasteiger partial charge in [0.2, 0.25) is 5.91 Å². The molecule has 2 rings (SSSR count). The summed E-state index contributed by atoms with van der Waals surface area (Å²) in [5, 5.41) is 19.0. The van der Waals surface area contributed by atoms with Crippen LogP contribution in [0, 0.1) is 11.2 Å². The van der Waals surface area contributed by atoms with E-state index in [1.807, 2.05) is 20.8 Å². The second-order valence-corrected chi connectivity index (χ2v) is 7.99. The Morgan fingerprint density at radius 1 is 1.31 bits per heavy atom. The number of hydrogen-bond acceptors (Lipinski definition) is 5. The number of aryl methyl sites for hydroxylation is 1. The molecule has 8 nitrogen and oxygen atoms in total. The first-order chi connectivity index (χ1) is 13.7. The number of benzene rings is 1. The molecule has 2 aromatic rings. The highest BCUT2D eigenvalue weighted by molar-refractivity contribution is 6.06. The van der Waals surface area contributed by atoms with Crippen LogP contribution in [0.5, 0.6) is 0 Å². The van der Waals surface area contributed by atoms with E-state index >= 15 is 0 Å². The Morgan fingerprint density at radius 2 is 2.03 bits per heavy atom. The Morgan fingerprint density at radius 3 is 2.66 bits per heavy atom. The number of halogens is 1. The molecule has 0 spiro atoms. The van der Waals surface area contributed by atoms with Crippen molar-refractivity contribution in [2.45, 2.75) is 46.2 Å². The monoisotopic (exact) mass is 407 g/mol. The van der Waals surface area contributed by atoms with Crippen LogP contribution < -0.4 is 16.4 Å². The Bertz CT molecular complexity index is 860. The lowest BCUT2D eigenvalue weighted by Crippen LogP contribution is -2.54. The van der Waals surface area contributed by atoms with Gasteiger partial charge in [0.15, 0.2) is 5.69 Å². The van der Waals surface area contributed by atoms with Gasteiger partial charge in [0.1, 0.15) is 17.4 Å². The molecular formula is C20H30FN5O3. The molecule has 2 amide bonds. The molecular weight excluding hydrogens is 377 g/mol. The summed E-state index contributed by atoms with van der Waals surface area (Å²) < 4.78 is 15.9. The Labute approximate surface area is 169 Å². The van der Waals surface area contributed by atoms with Crippen LogP contribution in [0.15, 0.2) is 18.2 Å². The SMILES string of the molecule is CC(C)(C)C(NC(=O)c1nn(CCCCN)c2c(F)cccc12)C(=O)NCCO. The summed E-state index contributed by atoms with van der Waals surface area (Å²) in [5.74, 6) is -1.43. The number of aliphatic hydroxyl groups excluding tert-OH is 1. The molecule has 0 saturated heterocycles. The van der Waals surface area contributed by atoms with Crippen molar-refractivity contribution in [3.8, 4) is 0 Å². The molecule has 160 valence electrons. The van der Waals surface area contributed by atoms with Gasteiger partial charge >= 0.3 is 0 Å². The third kappa shape index (κ3) is 5.51. The number of nitrogens with one attached hydrogen (secondary N) is 2. The molecule has 0 aliphatic rings. The Hall–Kier alpha value is -2.52. The number of amides is 2. The summed E-state index contributed by atoms with van der Waals surface area (Å²) in [6.07, 6.45) is 1.46. The Balaban J connectivity index is 2.35. The minimum atomic E-state index is -0.854. The maximum Gasteiger partial charge on any atom is 0.273 e. The normalized spacial score (nSPS) is 12.8. The van der Waals surface area contributed by atoms with E-state index in [1.54, 1.807) is 6.07 Å². The molecule has 0 radical (unpaired) electrons. The fourth-order valence-electron chi connectivity index (χ4n) is 3.08. The first kappa shape index (κ1) is 22.8. The van der Waals surface area contributed by atoms with Gasteiger partial charge in [0.25, 0.3) is 5.91 Å². The molecule has 29 heavy (non-hydrogen) atoms. The van der Waals surface area contributed by atoms with Crippen LogP contribution in [-0.4, -0.2) is 52.4 Å². The minimum Gasteiger partial charge on any atom is -0.395 e. The summed E-state index contributed by atoms with van der Waals surface area (Å²) >= 11 is 0. The number of unbranched alkanes of at least 4 members (excludes halogenated alkanes) is 1. The number of rotatable bonds is 9. The summed E-state index contributed by atoms with van der Waals surface area (Å²) in [5.41, 5.74) is 5.26. The van der Waals surface area contributed by atoms with E-state index in [2.05, 4.69) is 15.7 Å². The van der Waals surface area contributed by atoms with Crippen LogP contribution in [0.4, 0.5) is 4.39 Å². The molecule has 0 fully saturated rings. The van der Waals surface area contributed by atoms with Crippen LogP contribution in [0.2, 0.25) is 0 Å². The predicted molar refractivity (Wildman–Crippen MR) is 109 cm³/mol. The average molecular weight is 407 g/mol. The zero-order chi connectivity index (χ0) is 21.6. The van der Waals surface area contributed by atoms with Crippen molar-refractivity contribution >= 4 is 22.7 Å². The first-order valence-electron chi connectivity index (χ1n) is 9.75. The summed E-state index contributed by atoms with van der Waals surface area (Å²) in [7, 11) is 0. The molecule has 1 aromatic heterocycles. The molecule has 1 aromatic carbocycles. The van der Waals surface area contributed by atoms with Crippen molar-refractivity contribution in [1.29, 1.82) is 0 Å². The van der Waals surface area contributed by atoms with Gasteiger partial charge in [0.05, 0.1) is 6.61 Å². The average Bonchev–Trinajstić information content (AvgIpc) is 3.03. The number of fused-ring (bicyclic) bond motifs is 1. The van der Waals surface area contributed by atoms with Crippen LogP contribution in [0.1, 0.15) is 44.1 Å². The third-order valence-corrected chi connectivity index (χ3v) is 4.57. The van der Waals surface area contributed by atoms with E-state index in [4.69, 9.17) is 10.8 Å². The number of carbonyl (C=O) groups excluding carboxylic acids is 2. The maximum atomic E-state index is 14.4.